The first-order chi connectivity index (χ1) is 14.9. The molecule has 7 nitrogen and oxygen atoms in total. The number of sulfonamides is 1. The van der Waals surface area contributed by atoms with Gasteiger partial charge in [-0.05, 0) is 55.7 Å². The van der Waals surface area contributed by atoms with Crippen LogP contribution in [0, 0.1) is 13.8 Å². The Kier molecular flexibility index (Phi) is 5.75. The van der Waals surface area contributed by atoms with Crippen molar-refractivity contribution >= 4 is 32.7 Å². The smallest absolute Gasteiger partial charge is 0.242 e. The van der Waals surface area contributed by atoms with Crippen molar-refractivity contribution in [1.82, 2.24) is 19.3 Å². The van der Waals surface area contributed by atoms with Crippen LogP contribution in [0.25, 0.3) is 16.7 Å². The molecule has 0 saturated carbocycles. The first-order valence-electron chi connectivity index (χ1n) is 10.2. The summed E-state index contributed by atoms with van der Waals surface area (Å²) in [5.41, 5.74) is 4.32. The molecule has 0 unspecified atom stereocenters. The van der Waals surface area contributed by atoms with E-state index in [9.17, 15) is 8.42 Å². The third-order valence-electron chi connectivity index (χ3n) is 5.02. The number of anilines is 2. The Morgan fingerprint density at radius 1 is 1.06 bits per heavy atom. The Labute approximate surface area is 182 Å². The minimum absolute atomic E-state index is 0.212. The second kappa shape index (κ2) is 8.49. The van der Waals surface area contributed by atoms with Gasteiger partial charge >= 0.3 is 0 Å². The molecule has 2 aromatic carbocycles. The Balaban J connectivity index is 1.78. The summed E-state index contributed by atoms with van der Waals surface area (Å²) < 4.78 is 30.1. The Morgan fingerprint density at radius 2 is 1.87 bits per heavy atom. The molecule has 0 atom stereocenters. The lowest BCUT2D eigenvalue weighted by atomic mass is 10.1. The zero-order chi connectivity index (χ0) is 22.0. The minimum Gasteiger partial charge on any atom is -0.324 e. The van der Waals surface area contributed by atoms with E-state index in [0.29, 0.717) is 30.2 Å². The number of rotatable bonds is 7. The van der Waals surface area contributed by atoms with Crippen LogP contribution in [0.3, 0.4) is 0 Å². The molecule has 0 aliphatic carbocycles. The normalized spacial score (nSPS) is 11.7. The van der Waals surface area contributed by atoms with Crippen LogP contribution in [0.15, 0.2) is 65.8 Å². The largest absolute Gasteiger partial charge is 0.324 e. The summed E-state index contributed by atoms with van der Waals surface area (Å²) >= 11 is 0. The van der Waals surface area contributed by atoms with Crippen LogP contribution in [0.4, 0.5) is 11.6 Å². The van der Waals surface area contributed by atoms with Crippen LogP contribution >= 0.6 is 0 Å². The van der Waals surface area contributed by atoms with Crippen molar-refractivity contribution in [2.24, 2.45) is 0 Å². The van der Waals surface area contributed by atoms with Crippen molar-refractivity contribution in [2.75, 3.05) is 11.9 Å². The molecule has 2 aromatic heterocycles. The summed E-state index contributed by atoms with van der Waals surface area (Å²) in [5.74, 6) is 0.450. The standard InChI is InChI=1S/C23H25N5O2S/c1-4-12-25-31(29,30)21-8-6-5-7-20(21)28-13-11-18-15-24-23(27-22(18)28)26-19-14-16(2)9-10-17(19)3/h5-11,13-15,25H,4,12H2,1-3H3,(H,24,26,27). The molecule has 0 aliphatic rings. The number of hydrogen-bond donors (Lipinski definition) is 2. The molecule has 2 N–H and O–H groups in total. The molecule has 0 amide bonds. The maximum Gasteiger partial charge on any atom is 0.242 e. The van der Waals surface area contributed by atoms with Gasteiger partial charge in [0.15, 0.2) is 0 Å². The number of benzene rings is 2. The second-order valence-electron chi connectivity index (χ2n) is 7.47. The van der Waals surface area contributed by atoms with Crippen molar-refractivity contribution in [3.8, 4) is 5.69 Å². The molecule has 31 heavy (non-hydrogen) atoms. The van der Waals surface area contributed by atoms with Gasteiger partial charge in [-0.25, -0.2) is 18.1 Å². The molecule has 8 heteroatoms. The van der Waals surface area contributed by atoms with Crippen LogP contribution < -0.4 is 10.0 Å². The van der Waals surface area contributed by atoms with E-state index in [-0.39, 0.29) is 4.90 Å². The number of nitrogens with zero attached hydrogens (tertiary/aromatic N) is 3. The van der Waals surface area contributed by atoms with E-state index < -0.39 is 10.0 Å². The van der Waals surface area contributed by atoms with Crippen molar-refractivity contribution < 1.29 is 8.42 Å². The zero-order valence-electron chi connectivity index (χ0n) is 17.8. The van der Waals surface area contributed by atoms with Gasteiger partial charge in [0.05, 0.1) is 5.69 Å². The van der Waals surface area contributed by atoms with Gasteiger partial charge < -0.3 is 5.32 Å². The Morgan fingerprint density at radius 3 is 2.68 bits per heavy atom. The molecule has 4 rings (SSSR count). The zero-order valence-corrected chi connectivity index (χ0v) is 18.6. The Bertz CT molecular complexity index is 1350. The highest BCUT2D eigenvalue weighted by atomic mass is 32.2. The highest BCUT2D eigenvalue weighted by Crippen LogP contribution is 2.26. The number of nitrogens with one attached hydrogen (secondary N) is 2. The maximum atomic E-state index is 12.9. The average Bonchev–Trinajstić information content (AvgIpc) is 3.18. The molecule has 0 radical (unpaired) electrons. The highest BCUT2D eigenvalue weighted by molar-refractivity contribution is 7.89. The molecule has 2 heterocycles. The number of fused-ring (bicyclic) bond motifs is 1. The van der Waals surface area contributed by atoms with Gasteiger partial charge in [-0.15, -0.1) is 0 Å². The van der Waals surface area contributed by atoms with Gasteiger partial charge in [-0.3, -0.25) is 4.57 Å². The van der Waals surface area contributed by atoms with Gasteiger partial charge in [-0.2, -0.15) is 4.98 Å². The quantitative estimate of drug-likeness (QED) is 0.447. The third-order valence-corrected chi connectivity index (χ3v) is 6.53. The monoisotopic (exact) mass is 435 g/mol. The molecule has 0 spiro atoms. The van der Waals surface area contributed by atoms with Crippen LogP contribution in [-0.4, -0.2) is 29.5 Å². The summed E-state index contributed by atoms with van der Waals surface area (Å²) in [7, 11) is -3.65. The molecule has 0 fully saturated rings. The summed E-state index contributed by atoms with van der Waals surface area (Å²) in [6, 6.07) is 14.9. The molecule has 160 valence electrons. The fraction of sp³-hybridized carbons (Fsp3) is 0.217. The lowest BCUT2D eigenvalue weighted by Crippen LogP contribution is -2.25. The van der Waals surface area contributed by atoms with Crippen LogP contribution in [0.5, 0.6) is 0 Å². The molecule has 0 saturated heterocycles. The third kappa shape index (κ3) is 4.30. The predicted molar refractivity (Wildman–Crippen MR) is 124 cm³/mol. The number of aromatic nitrogens is 3. The summed E-state index contributed by atoms with van der Waals surface area (Å²) in [5, 5.41) is 4.10. The van der Waals surface area contributed by atoms with Gasteiger partial charge in [0.2, 0.25) is 16.0 Å². The molecule has 4 aromatic rings. The highest BCUT2D eigenvalue weighted by Gasteiger charge is 2.20. The fourth-order valence-corrected chi connectivity index (χ4v) is 4.69. The van der Waals surface area contributed by atoms with Gasteiger partial charge in [0.1, 0.15) is 10.5 Å². The SMILES string of the molecule is CCCNS(=O)(=O)c1ccccc1-n1ccc2cnc(Nc3cc(C)ccc3C)nc21. The first-order valence-corrected chi connectivity index (χ1v) is 11.6. The van der Waals surface area contributed by atoms with Gasteiger partial charge in [-0.1, -0.05) is 31.2 Å². The van der Waals surface area contributed by atoms with E-state index in [1.54, 1.807) is 29.0 Å². The number of aryl methyl sites for hydroxylation is 2. The van der Waals surface area contributed by atoms with Crippen LogP contribution in [0.2, 0.25) is 0 Å². The number of para-hydroxylation sites is 1. The summed E-state index contributed by atoms with van der Waals surface area (Å²) in [6.07, 6.45) is 4.27. The summed E-state index contributed by atoms with van der Waals surface area (Å²) in [6.45, 7) is 6.36. The lowest BCUT2D eigenvalue weighted by Gasteiger charge is -2.13. The molecule has 0 bridgehead atoms. The van der Waals surface area contributed by atoms with E-state index >= 15 is 0 Å². The van der Waals surface area contributed by atoms with E-state index in [4.69, 9.17) is 0 Å². The fourth-order valence-electron chi connectivity index (χ4n) is 3.36. The minimum atomic E-state index is -3.65. The van der Waals surface area contributed by atoms with Crippen molar-refractivity contribution in [3.63, 3.8) is 0 Å². The predicted octanol–water partition coefficient (Wildman–Crippen LogP) is 4.47. The Hall–Kier alpha value is -3.23. The second-order valence-corrected chi connectivity index (χ2v) is 9.20. The van der Waals surface area contributed by atoms with Crippen molar-refractivity contribution in [1.29, 1.82) is 0 Å². The topological polar surface area (TPSA) is 88.9 Å². The van der Waals surface area contributed by atoms with Crippen LogP contribution in [-0.2, 0) is 10.0 Å². The van der Waals surface area contributed by atoms with Crippen LogP contribution in [0.1, 0.15) is 24.5 Å². The average molecular weight is 436 g/mol. The van der Waals surface area contributed by atoms with Gasteiger partial charge in [0, 0.05) is 30.0 Å². The number of hydrogen-bond acceptors (Lipinski definition) is 5. The molecular formula is C23H25N5O2S. The van der Waals surface area contributed by atoms with Crippen molar-refractivity contribution in [3.05, 3.63) is 72.1 Å². The van der Waals surface area contributed by atoms with E-state index in [1.807, 2.05) is 51.2 Å². The molecular weight excluding hydrogens is 410 g/mol. The molecule has 0 aliphatic heterocycles. The first kappa shape index (κ1) is 21.0. The van der Waals surface area contributed by atoms with E-state index in [0.717, 1.165) is 22.2 Å². The van der Waals surface area contributed by atoms with E-state index in [2.05, 4.69) is 26.1 Å². The van der Waals surface area contributed by atoms with Crippen molar-refractivity contribution in [2.45, 2.75) is 32.1 Å². The van der Waals surface area contributed by atoms with E-state index in [1.165, 1.54) is 0 Å². The maximum absolute atomic E-state index is 12.9. The lowest BCUT2D eigenvalue weighted by molar-refractivity contribution is 0.580. The summed E-state index contributed by atoms with van der Waals surface area (Å²) in [4.78, 5) is 9.33. The van der Waals surface area contributed by atoms with Gasteiger partial charge in [0.25, 0.3) is 0 Å².